The number of hydrogen-bond donors (Lipinski definition) is 2. The second kappa shape index (κ2) is 6.91. The third kappa shape index (κ3) is 3.98. The molecule has 0 atom stereocenters. The van der Waals surface area contributed by atoms with E-state index in [0.717, 1.165) is 0 Å². The van der Waals surface area contributed by atoms with Gasteiger partial charge in [0.15, 0.2) is 0 Å². The molecule has 2 aliphatic heterocycles. The van der Waals surface area contributed by atoms with Crippen LogP contribution in [0, 0.1) is 0 Å². The Morgan fingerprint density at radius 2 is 0.750 bits per heavy atom. The predicted molar refractivity (Wildman–Crippen MR) is 105 cm³/mol. The van der Waals surface area contributed by atoms with Crippen LogP contribution in [0.2, 0.25) is 0 Å². The van der Waals surface area contributed by atoms with Gasteiger partial charge < -0.3 is 0 Å². The summed E-state index contributed by atoms with van der Waals surface area (Å²) in [5.41, 5.74) is -3.29. The number of imide groups is 2. The van der Waals surface area contributed by atoms with Gasteiger partial charge in [0.2, 0.25) is 23.6 Å². The van der Waals surface area contributed by atoms with E-state index in [9.17, 15) is 19.2 Å². The predicted octanol–water partition coefficient (Wildman–Crippen LogP) is 0.798. The zero-order chi connectivity index (χ0) is 21.7. The van der Waals surface area contributed by atoms with E-state index < -0.39 is 22.2 Å². The number of unbranched alkanes of at least 4 members (excludes halogenated alkanes) is 1. The smallest absolute Gasteiger partial charge is 0.248 e. The van der Waals surface area contributed by atoms with E-state index >= 15 is 0 Å². The molecule has 2 N–H and O–H groups in total. The first-order valence-corrected chi connectivity index (χ1v) is 9.84. The Labute approximate surface area is 167 Å². The molecule has 0 bridgehead atoms. The molecule has 0 saturated carbocycles. The molecule has 0 aromatic heterocycles. The third-order valence-corrected chi connectivity index (χ3v) is 5.38. The molecule has 2 saturated heterocycles. The summed E-state index contributed by atoms with van der Waals surface area (Å²) in [5.74, 6) is -1.02. The molecule has 8 heteroatoms. The molecule has 158 valence electrons. The van der Waals surface area contributed by atoms with Crippen LogP contribution < -0.4 is 10.6 Å². The second-order valence-electron chi connectivity index (χ2n) is 9.98. The van der Waals surface area contributed by atoms with Crippen molar-refractivity contribution in [2.24, 2.45) is 0 Å². The van der Waals surface area contributed by atoms with Gasteiger partial charge in [-0.05, 0) is 68.2 Å². The lowest BCUT2D eigenvalue weighted by Crippen LogP contribution is -2.72. The van der Waals surface area contributed by atoms with Crippen LogP contribution in [-0.4, -0.2) is 68.7 Å². The molecule has 8 nitrogen and oxygen atoms in total. The Balaban J connectivity index is 2.01. The minimum absolute atomic E-state index is 0.256. The molecule has 4 amide bonds. The van der Waals surface area contributed by atoms with E-state index in [4.69, 9.17) is 0 Å². The molecule has 0 spiro atoms. The highest BCUT2D eigenvalue weighted by Gasteiger charge is 2.50. The molecule has 2 heterocycles. The number of hydrogen-bond acceptors (Lipinski definition) is 6. The van der Waals surface area contributed by atoms with Crippen LogP contribution in [0.5, 0.6) is 0 Å². The molecule has 0 aromatic rings. The Hall–Kier alpha value is -1.80. The highest BCUT2D eigenvalue weighted by Crippen LogP contribution is 2.25. The lowest BCUT2D eigenvalue weighted by atomic mass is 9.89. The van der Waals surface area contributed by atoms with E-state index in [1.165, 1.54) is 9.80 Å². The molecule has 0 radical (unpaired) electrons. The van der Waals surface area contributed by atoms with E-state index in [1.54, 1.807) is 55.4 Å². The van der Waals surface area contributed by atoms with Crippen LogP contribution in [0.25, 0.3) is 0 Å². The Kier molecular flexibility index (Phi) is 5.55. The van der Waals surface area contributed by atoms with E-state index in [1.807, 2.05) is 0 Å². The Morgan fingerprint density at radius 3 is 0.964 bits per heavy atom. The number of nitrogens with one attached hydrogen (secondary N) is 2. The van der Waals surface area contributed by atoms with Gasteiger partial charge in [0, 0.05) is 13.1 Å². The maximum absolute atomic E-state index is 12.6. The van der Waals surface area contributed by atoms with Gasteiger partial charge in [-0.1, -0.05) is 0 Å². The fourth-order valence-electron chi connectivity index (χ4n) is 4.26. The quantitative estimate of drug-likeness (QED) is 0.529. The van der Waals surface area contributed by atoms with Crippen molar-refractivity contribution in [3.63, 3.8) is 0 Å². The third-order valence-electron chi connectivity index (χ3n) is 5.38. The molecule has 2 aliphatic rings. The summed E-state index contributed by atoms with van der Waals surface area (Å²) < 4.78 is 0. The first kappa shape index (κ1) is 22.5. The molecular weight excluding hydrogens is 360 g/mol. The van der Waals surface area contributed by atoms with Gasteiger partial charge in [-0.15, -0.1) is 0 Å². The molecular formula is C20H34N4O4. The highest BCUT2D eigenvalue weighted by molar-refractivity contribution is 6.06. The number of carbonyl (C=O) groups excluding carboxylic acids is 4. The summed E-state index contributed by atoms with van der Waals surface area (Å²) in [7, 11) is 0. The monoisotopic (exact) mass is 394 g/mol. The maximum atomic E-state index is 12.6. The lowest BCUT2D eigenvalue weighted by Gasteiger charge is -2.46. The molecule has 28 heavy (non-hydrogen) atoms. The number of amides is 4. The van der Waals surface area contributed by atoms with Crippen molar-refractivity contribution >= 4 is 23.6 Å². The summed E-state index contributed by atoms with van der Waals surface area (Å²) in [6, 6.07) is 0. The largest absolute Gasteiger partial charge is 0.290 e. The summed E-state index contributed by atoms with van der Waals surface area (Å²) >= 11 is 0. The van der Waals surface area contributed by atoms with Crippen LogP contribution >= 0.6 is 0 Å². The van der Waals surface area contributed by atoms with Gasteiger partial charge in [0.05, 0.1) is 22.2 Å². The van der Waals surface area contributed by atoms with Crippen molar-refractivity contribution in [1.29, 1.82) is 0 Å². The topological polar surface area (TPSA) is 98.8 Å². The standard InChI is InChI=1S/C20H34N4O4/c1-17(2)13(25)23(14(26)18(3,4)21-17)11-9-10-12-24-15(27)19(5,6)22-20(7,8)16(24)28/h21-22H,9-12H2,1-8H3. The molecule has 0 unspecified atom stereocenters. The average Bonchev–Trinajstić information content (AvgIpc) is 2.52. The molecule has 2 rings (SSSR count). The first-order chi connectivity index (χ1) is 12.5. The zero-order valence-corrected chi connectivity index (χ0v) is 18.4. The van der Waals surface area contributed by atoms with Gasteiger partial charge in [0.1, 0.15) is 0 Å². The van der Waals surface area contributed by atoms with Crippen molar-refractivity contribution in [2.75, 3.05) is 13.1 Å². The number of rotatable bonds is 5. The normalized spacial score (nSPS) is 26.0. The molecule has 0 aliphatic carbocycles. The van der Waals surface area contributed by atoms with Crippen LogP contribution in [0.3, 0.4) is 0 Å². The summed E-state index contributed by atoms with van der Waals surface area (Å²) in [4.78, 5) is 53.1. The second-order valence-corrected chi connectivity index (χ2v) is 9.98. The first-order valence-electron chi connectivity index (χ1n) is 9.84. The molecule has 2 fully saturated rings. The minimum Gasteiger partial charge on any atom is -0.290 e. The van der Waals surface area contributed by atoms with Gasteiger partial charge in [0.25, 0.3) is 0 Å². The Bertz CT molecular complexity index is 597. The van der Waals surface area contributed by atoms with E-state index in [-0.39, 0.29) is 36.7 Å². The molecule has 0 aromatic carbocycles. The van der Waals surface area contributed by atoms with Crippen LogP contribution in [-0.2, 0) is 19.2 Å². The fraction of sp³-hybridized carbons (Fsp3) is 0.800. The summed E-state index contributed by atoms with van der Waals surface area (Å²) in [5, 5.41) is 6.18. The fourth-order valence-corrected chi connectivity index (χ4v) is 4.26. The van der Waals surface area contributed by atoms with Crippen molar-refractivity contribution in [1.82, 2.24) is 20.4 Å². The number of carbonyl (C=O) groups is 4. The van der Waals surface area contributed by atoms with Crippen molar-refractivity contribution in [2.45, 2.75) is 90.4 Å². The average molecular weight is 395 g/mol. The zero-order valence-electron chi connectivity index (χ0n) is 18.4. The van der Waals surface area contributed by atoms with Gasteiger partial charge >= 0.3 is 0 Å². The maximum Gasteiger partial charge on any atom is 0.248 e. The van der Waals surface area contributed by atoms with Crippen LogP contribution in [0.4, 0.5) is 0 Å². The SMILES string of the molecule is CC1(C)NC(C)(C)C(=O)N(CCCCN2C(=O)C(C)(C)NC(C)(C)C2=O)C1=O. The van der Waals surface area contributed by atoms with Gasteiger partial charge in [-0.2, -0.15) is 0 Å². The van der Waals surface area contributed by atoms with Gasteiger partial charge in [-0.3, -0.25) is 39.6 Å². The van der Waals surface area contributed by atoms with Crippen molar-refractivity contribution in [3.8, 4) is 0 Å². The summed E-state index contributed by atoms with van der Waals surface area (Å²) in [6.07, 6.45) is 1.05. The minimum atomic E-state index is -0.823. The van der Waals surface area contributed by atoms with E-state index in [0.29, 0.717) is 12.8 Å². The highest BCUT2D eigenvalue weighted by atomic mass is 16.2. The Morgan fingerprint density at radius 1 is 0.536 bits per heavy atom. The van der Waals surface area contributed by atoms with Crippen molar-refractivity contribution in [3.05, 3.63) is 0 Å². The number of nitrogens with zero attached hydrogens (tertiary/aromatic N) is 2. The van der Waals surface area contributed by atoms with Gasteiger partial charge in [-0.25, -0.2) is 0 Å². The lowest BCUT2D eigenvalue weighted by molar-refractivity contribution is -0.161. The van der Waals surface area contributed by atoms with E-state index in [2.05, 4.69) is 10.6 Å². The summed E-state index contributed by atoms with van der Waals surface area (Å²) in [6.45, 7) is 14.6. The van der Waals surface area contributed by atoms with Crippen LogP contribution in [0.15, 0.2) is 0 Å². The van der Waals surface area contributed by atoms with Crippen molar-refractivity contribution < 1.29 is 19.2 Å². The number of piperazine rings is 2. The van der Waals surface area contributed by atoms with Crippen LogP contribution in [0.1, 0.15) is 68.2 Å².